The number of benzene rings is 2. The Morgan fingerprint density at radius 2 is 1.76 bits per heavy atom. The number of aromatic nitrogens is 1. The molecular weight excluding hydrogens is 406 g/mol. The molecule has 1 heterocycles. The summed E-state index contributed by atoms with van der Waals surface area (Å²) in [5.41, 5.74) is 1.65. The smallest absolute Gasteiger partial charge is 0.308 e. The molecule has 0 atom stereocenters. The minimum Gasteiger partial charge on any atom is -0.313 e. The molecule has 0 aliphatic heterocycles. The Hall–Kier alpha value is -2.00. The third kappa shape index (κ3) is 4.61. The zero-order chi connectivity index (χ0) is 20.3. The van der Waals surface area contributed by atoms with Gasteiger partial charge in [-0.15, -0.1) is 0 Å². The molecule has 1 aromatic heterocycles. The summed E-state index contributed by atoms with van der Waals surface area (Å²) in [7, 11) is -3.69. The van der Waals surface area contributed by atoms with Crippen LogP contribution in [0.2, 0.25) is 0 Å². The molecule has 3 aromatic rings. The van der Waals surface area contributed by atoms with Crippen molar-refractivity contribution >= 4 is 31.6 Å². The Balaban J connectivity index is 1.54. The van der Waals surface area contributed by atoms with E-state index in [1.165, 1.54) is 12.8 Å². The van der Waals surface area contributed by atoms with Gasteiger partial charge >= 0.3 is 4.87 Å². The van der Waals surface area contributed by atoms with Gasteiger partial charge in [-0.2, -0.15) is 0 Å². The molecule has 2 aromatic carbocycles. The van der Waals surface area contributed by atoms with Gasteiger partial charge in [-0.1, -0.05) is 60.6 Å². The van der Waals surface area contributed by atoms with Crippen molar-refractivity contribution in [2.75, 3.05) is 13.1 Å². The van der Waals surface area contributed by atoms with E-state index < -0.39 is 10.0 Å². The molecule has 0 amide bonds. The van der Waals surface area contributed by atoms with Crippen molar-refractivity contribution < 1.29 is 8.42 Å². The molecule has 6 nitrogen and oxygen atoms in total. The van der Waals surface area contributed by atoms with E-state index >= 15 is 0 Å². The first-order chi connectivity index (χ1) is 14.0. The van der Waals surface area contributed by atoms with Gasteiger partial charge in [0.05, 0.1) is 16.8 Å². The lowest BCUT2D eigenvalue weighted by Gasteiger charge is -2.12. The number of hydrogen-bond acceptors (Lipinski definition) is 5. The predicted molar refractivity (Wildman–Crippen MR) is 117 cm³/mol. The summed E-state index contributed by atoms with van der Waals surface area (Å²) in [6.45, 7) is 1.35. The predicted octanol–water partition coefficient (Wildman–Crippen LogP) is 2.92. The van der Waals surface area contributed by atoms with Crippen LogP contribution in [0.3, 0.4) is 0 Å². The molecule has 1 aliphatic rings. The number of hydrogen-bond donors (Lipinski definition) is 2. The minimum atomic E-state index is -3.69. The number of rotatable bonds is 8. The molecule has 0 saturated heterocycles. The molecule has 0 unspecified atom stereocenters. The van der Waals surface area contributed by atoms with Crippen molar-refractivity contribution in [2.45, 2.75) is 43.2 Å². The van der Waals surface area contributed by atoms with Crippen LogP contribution in [-0.4, -0.2) is 32.1 Å². The Labute approximate surface area is 174 Å². The Kier molecular flexibility index (Phi) is 6.15. The van der Waals surface area contributed by atoms with Gasteiger partial charge in [0.1, 0.15) is 4.90 Å². The second-order valence-corrected chi connectivity index (χ2v) is 10.1. The number of sulfonamides is 1. The van der Waals surface area contributed by atoms with Gasteiger partial charge in [0.2, 0.25) is 10.0 Å². The van der Waals surface area contributed by atoms with Crippen LogP contribution in [0.25, 0.3) is 10.2 Å². The van der Waals surface area contributed by atoms with Crippen LogP contribution < -0.4 is 14.9 Å². The van der Waals surface area contributed by atoms with E-state index in [4.69, 9.17) is 0 Å². The third-order valence-electron chi connectivity index (χ3n) is 5.34. The maximum absolute atomic E-state index is 12.9. The van der Waals surface area contributed by atoms with Crippen LogP contribution in [-0.2, 0) is 16.6 Å². The first-order valence-corrected chi connectivity index (χ1v) is 12.2. The van der Waals surface area contributed by atoms with Crippen LogP contribution in [0.4, 0.5) is 0 Å². The third-order valence-corrected chi connectivity index (χ3v) is 8.00. The summed E-state index contributed by atoms with van der Waals surface area (Å²) < 4.78 is 30.6. The van der Waals surface area contributed by atoms with Crippen molar-refractivity contribution in [2.24, 2.45) is 0 Å². The highest BCUT2D eigenvalue weighted by Crippen LogP contribution is 2.26. The van der Waals surface area contributed by atoms with Crippen molar-refractivity contribution in [3.05, 3.63) is 63.8 Å². The zero-order valence-corrected chi connectivity index (χ0v) is 17.8. The fraction of sp³-hybridized carbons (Fsp3) is 0.381. The summed E-state index contributed by atoms with van der Waals surface area (Å²) in [5, 5.41) is 3.40. The second kappa shape index (κ2) is 8.79. The van der Waals surface area contributed by atoms with E-state index in [1.807, 2.05) is 30.3 Å². The molecule has 4 rings (SSSR count). The van der Waals surface area contributed by atoms with E-state index in [9.17, 15) is 13.2 Å². The van der Waals surface area contributed by atoms with Gasteiger partial charge in [-0.3, -0.25) is 9.36 Å². The van der Waals surface area contributed by atoms with Gasteiger partial charge in [-0.25, -0.2) is 13.1 Å². The number of fused-ring (bicyclic) bond motifs is 1. The first-order valence-electron chi connectivity index (χ1n) is 9.94. The lowest BCUT2D eigenvalue weighted by atomic mass is 10.2. The van der Waals surface area contributed by atoms with Gasteiger partial charge in [0.25, 0.3) is 0 Å². The topological polar surface area (TPSA) is 80.2 Å². The lowest BCUT2D eigenvalue weighted by Crippen LogP contribution is -2.35. The van der Waals surface area contributed by atoms with Crippen molar-refractivity contribution in [1.82, 2.24) is 14.6 Å². The van der Waals surface area contributed by atoms with E-state index in [1.54, 1.807) is 22.8 Å². The molecule has 1 saturated carbocycles. The number of nitrogens with zero attached hydrogens (tertiary/aromatic N) is 1. The van der Waals surface area contributed by atoms with Crippen molar-refractivity contribution in [1.29, 1.82) is 0 Å². The molecule has 8 heteroatoms. The summed E-state index contributed by atoms with van der Waals surface area (Å²) in [6, 6.07) is 15.2. The largest absolute Gasteiger partial charge is 0.313 e. The van der Waals surface area contributed by atoms with Crippen LogP contribution in [0, 0.1) is 0 Å². The highest BCUT2D eigenvalue weighted by Gasteiger charge is 2.21. The zero-order valence-electron chi connectivity index (χ0n) is 16.1. The number of thiazole rings is 1. The monoisotopic (exact) mass is 431 g/mol. The van der Waals surface area contributed by atoms with Gasteiger partial charge < -0.3 is 5.32 Å². The summed E-state index contributed by atoms with van der Waals surface area (Å²) >= 11 is 0.984. The van der Waals surface area contributed by atoms with Gasteiger partial charge in [0.15, 0.2) is 0 Å². The van der Waals surface area contributed by atoms with Crippen LogP contribution >= 0.6 is 11.3 Å². The fourth-order valence-corrected chi connectivity index (χ4v) is 6.34. The van der Waals surface area contributed by atoms with Crippen LogP contribution in [0.15, 0.2) is 58.2 Å². The standard InChI is InChI=1S/C21H25N3O3S2/c25-21-24(15-16-7-2-1-3-8-16)18-11-6-12-19(20(18)28-21)29(26,27)23-14-13-22-17-9-4-5-10-17/h1-3,6-8,11-12,17,22-23H,4-5,9-10,13-15H2. The molecule has 29 heavy (non-hydrogen) atoms. The molecule has 0 bridgehead atoms. The van der Waals surface area contributed by atoms with E-state index in [-0.39, 0.29) is 9.77 Å². The molecule has 0 spiro atoms. The molecule has 1 aliphatic carbocycles. The molecule has 1 fully saturated rings. The average molecular weight is 432 g/mol. The van der Waals surface area contributed by atoms with Crippen molar-refractivity contribution in [3.8, 4) is 0 Å². The number of nitrogens with one attached hydrogen (secondary N) is 2. The second-order valence-electron chi connectivity index (χ2n) is 7.38. The van der Waals surface area contributed by atoms with Gasteiger partial charge in [0, 0.05) is 19.1 Å². The summed E-state index contributed by atoms with van der Waals surface area (Å²) in [4.78, 5) is 12.6. The lowest BCUT2D eigenvalue weighted by molar-refractivity contribution is 0.520. The highest BCUT2D eigenvalue weighted by atomic mass is 32.2. The normalized spacial score (nSPS) is 15.3. The van der Waals surface area contributed by atoms with Crippen LogP contribution in [0.5, 0.6) is 0 Å². The highest BCUT2D eigenvalue weighted by molar-refractivity contribution is 7.90. The summed E-state index contributed by atoms with van der Waals surface area (Å²) in [5.74, 6) is 0. The average Bonchev–Trinajstić information content (AvgIpc) is 3.34. The summed E-state index contributed by atoms with van der Waals surface area (Å²) in [6.07, 6.45) is 4.80. The SMILES string of the molecule is O=c1sc2c(S(=O)(=O)NCCNC3CCCC3)cccc2n1Cc1ccccc1. The Morgan fingerprint density at radius 3 is 2.52 bits per heavy atom. The fourth-order valence-electron chi connectivity index (χ4n) is 3.86. The molecule has 0 radical (unpaired) electrons. The minimum absolute atomic E-state index is 0.158. The Bertz CT molecular complexity index is 1130. The quantitative estimate of drug-likeness (QED) is 0.538. The maximum atomic E-state index is 12.9. The van der Waals surface area contributed by atoms with E-state index in [0.717, 1.165) is 29.7 Å². The first kappa shape index (κ1) is 20.3. The molecular formula is C21H25N3O3S2. The molecule has 154 valence electrons. The maximum Gasteiger partial charge on any atom is 0.308 e. The van der Waals surface area contributed by atoms with E-state index in [2.05, 4.69) is 10.0 Å². The van der Waals surface area contributed by atoms with Crippen LogP contribution in [0.1, 0.15) is 31.2 Å². The van der Waals surface area contributed by atoms with Gasteiger partial charge in [-0.05, 0) is 30.5 Å². The van der Waals surface area contributed by atoms with E-state index in [0.29, 0.717) is 35.9 Å². The molecule has 2 N–H and O–H groups in total. The van der Waals surface area contributed by atoms with Crippen molar-refractivity contribution in [3.63, 3.8) is 0 Å². The Morgan fingerprint density at radius 1 is 1.00 bits per heavy atom.